The largest absolute Gasteiger partial charge is 0.416 e. The SMILES string of the molecule is CN(C)c1ccc(C(F)(F)F)cc1NC(=O)c1cccnc1. The second-order valence-corrected chi connectivity index (χ2v) is 4.82. The third kappa shape index (κ3) is 3.55. The van der Waals surface area contributed by atoms with Gasteiger partial charge >= 0.3 is 6.18 Å². The second kappa shape index (κ2) is 6.05. The standard InChI is InChI=1S/C15H14F3N3O/c1-21(2)13-6-5-11(15(16,17)18)8-12(13)20-14(22)10-4-3-7-19-9-10/h3-9H,1-2H3,(H,20,22). The van der Waals surface area contributed by atoms with Crippen molar-refractivity contribution in [1.29, 1.82) is 0 Å². The van der Waals surface area contributed by atoms with Crippen LogP contribution in [0.5, 0.6) is 0 Å². The number of nitrogens with one attached hydrogen (secondary N) is 1. The summed E-state index contributed by atoms with van der Waals surface area (Å²) in [6.45, 7) is 0. The average Bonchev–Trinajstić information content (AvgIpc) is 2.47. The van der Waals surface area contributed by atoms with Gasteiger partial charge in [0, 0.05) is 26.5 Å². The number of pyridine rings is 1. The zero-order valence-corrected chi connectivity index (χ0v) is 12.0. The molecule has 0 aliphatic heterocycles. The number of alkyl halides is 3. The Morgan fingerprint density at radius 2 is 1.95 bits per heavy atom. The van der Waals surface area contributed by atoms with Crippen molar-refractivity contribution in [3.8, 4) is 0 Å². The molecule has 1 aromatic carbocycles. The van der Waals surface area contributed by atoms with Crippen molar-refractivity contribution in [1.82, 2.24) is 4.98 Å². The molecule has 7 heteroatoms. The van der Waals surface area contributed by atoms with Gasteiger partial charge in [0.05, 0.1) is 22.5 Å². The van der Waals surface area contributed by atoms with Crippen LogP contribution < -0.4 is 10.2 Å². The van der Waals surface area contributed by atoms with Crippen LogP contribution in [-0.2, 0) is 6.18 Å². The molecule has 0 saturated heterocycles. The van der Waals surface area contributed by atoms with E-state index in [9.17, 15) is 18.0 Å². The molecular formula is C15H14F3N3O. The maximum Gasteiger partial charge on any atom is 0.416 e. The predicted octanol–water partition coefficient (Wildman–Crippen LogP) is 3.42. The van der Waals surface area contributed by atoms with Gasteiger partial charge in [0.2, 0.25) is 0 Å². The second-order valence-electron chi connectivity index (χ2n) is 4.82. The molecule has 0 fully saturated rings. The molecule has 1 aromatic heterocycles. The van der Waals surface area contributed by atoms with E-state index < -0.39 is 17.6 Å². The minimum absolute atomic E-state index is 0.0914. The lowest BCUT2D eigenvalue weighted by Crippen LogP contribution is -2.18. The Labute approximate surface area is 125 Å². The molecule has 0 radical (unpaired) electrons. The van der Waals surface area contributed by atoms with Gasteiger partial charge < -0.3 is 10.2 Å². The maximum absolute atomic E-state index is 12.8. The quantitative estimate of drug-likeness (QED) is 0.945. The molecule has 0 aliphatic rings. The zero-order valence-electron chi connectivity index (χ0n) is 12.0. The van der Waals surface area contributed by atoms with E-state index >= 15 is 0 Å². The monoisotopic (exact) mass is 309 g/mol. The van der Waals surface area contributed by atoms with E-state index in [0.717, 1.165) is 12.1 Å². The van der Waals surface area contributed by atoms with Crippen molar-refractivity contribution in [3.05, 3.63) is 53.9 Å². The Kier molecular flexibility index (Phi) is 4.35. The highest BCUT2D eigenvalue weighted by Gasteiger charge is 2.31. The van der Waals surface area contributed by atoms with Crippen molar-refractivity contribution >= 4 is 17.3 Å². The molecule has 1 heterocycles. The third-order valence-corrected chi connectivity index (χ3v) is 2.98. The Hall–Kier alpha value is -2.57. The predicted molar refractivity (Wildman–Crippen MR) is 78.0 cm³/mol. The average molecular weight is 309 g/mol. The van der Waals surface area contributed by atoms with Gasteiger partial charge in [-0.2, -0.15) is 13.2 Å². The van der Waals surface area contributed by atoms with E-state index in [0.29, 0.717) is 5.69 Å². The summed E-state index contributed by atoms with van der Waals surface area (Å²) in [7, 11) is 3.37. The minimum Gasteiger partial charge on any atom is -0.376 e. The fourth-order valence-electron chi connectivity index (χ4n) is 1.89. The van der Waals surface area contributed by atoms with E-state index in [1.54, 1.807) is 25.1 Å². The van der Waals surface area contributed by atoms with Gasteiger partial charge in [-0.15, -0.1) is 0 Å². The Balaban J connectivity index is 2.37. The van der Waals surface area contributed by atoms with Crippen LogP contribution in [0.1, 0.15) is 15.9 Å². The summed E-state index contributed by atoms with van der Waals surface area (Å²) in [5, 5.41) is 2.50. The van der Waals surface area contributed by atoms with E-state index in [1.165, 1.54) is 24.5 Å². The van der Waals surface area contributed by atoms with Gasteiger partial charge in [-0.25, -0.2) is 0 Å². The lowest BCUT2D eigenvalue weighted by atomic mass is 10.1. The normalized spacial score (nSPS) is 11.1. The number of carbonyl (C=O) groups is 1. The molecular weight excluding hydrogens is 295 g/mol. The Morgan fingerprint density at radius 1 is 1.23 bits per heavy atom. The van der Waals surface area contributed by atoms with Gasteiger partial charge in [0.25, 0.3) is 5.91 Å². The van der Waals surface area contributed by atoms with Gasteiger partial charge in [-0.3, -0.25) is 9.78 Å². The number of anilines is 2. The number of halogens is 3. The van der Waals surface area contributed by atoms with Crippen LogP contribution in [0.3, 0.4) is 0 Å². The summed E-state index contributed by atoms with van der Waals surface area (Å²) in [5.74, 6) is -0.518. The molecule has 0 spiro atoms. The number of amides is 1. The van der Waals surface area contributed by atoms with E-state index in [-0.39, 0.29) is 11.3 Å². The van der Waals surface area contributed by atoms with Crippen molar-refractivity contribution in [2.75, 3.05) is 24.3 Å². The molecule has 2 rings (SSSR count). The third-order valence-electron chi connectivity index (χ3n) is 2.98. The van der Waals surface area contributed by atoms with Gasteiger partial charge in [0.1, 0.15) is 0 Å². The number of hydrogen-bond acceptors (Lipinski definition) is 3. The Morgan fingerprint density at radius 3 is 2.50 bits per heavy atom. The summed E-state index contributed by atoms with van der Waals surface area (Å²) >= 11 is 0. The fraction of sp³-hybridized carbons (Fsp3) is 0.200. The minimum atomic E-state index is -4.47. The topological polar surface area (TPSA) is 45.2 Å². The number of aromatic nitrogens is 1. The van der Waals surface area contributed by atoms with Crippen LogP contribution in [0.15, 0.2) is 42.7 Å². The molecule has 4 nitrogen and oxygen atoms in total. The first-order valence-corrected chi connectivity index (χ1v) is 6.39. The number of hydrogen-bond donors (Lipinski definition) is 1. The molecule has 1 N–H and O–H groups in total. The van der Waals surface area contributed by atoms with Gasteiger partial charge in [0.15, 0.2) is 0 Å². The first kappa shape index (κ1) is 15.8. The summed E-state index contributed by atoms with van der Waals surface area (Å²) < 4.78 is 38.5. The summed E-state index contributed by atoms with van der Waals surface area (Å²) in [5.41, 5.74) is 0.0168. The van der Waals surface area contributed by atoms with Gasteiger partial charge in [-0.1, -0.05) is 0 Å². The smallest absolute Gasteiger partial charge is 0.376 e. The number of benzene rings is 1. The molecule has 0 bridgehead atoms. The molecule has 0 saturated carbocycles. The summed E-state index contributed by atoms with van der Waals surface area (Å²) in [6, 6.07) is 6.33. The lowest BCUT2D eigenvalue weighted by molar-refractivity contribution is -0.137. The van der Waals surface area contributed by atoms with Crippen LogP contribution in [0.25, 0.3) is 0 Å². The van der Waals surface area contributed by atoms with Crippen molar-refractivity contribution in [2.24, 2.45) is 0 Å². The Bertz CT molecular complexity index is 669. The summed E-state index contributed by atoms with van der Waals surface area (Å²) in [6.07, 6.45) is -1.62. The van der Waals surface area contributed by atoms with Crippen LogP contribution in [0, 0.1) is 0 Å². The van der Waals surface area contributed by atoms with Crippen LogP contribution in [-0.4, -0.2) is 25.0 Å². The zero-order chi connectivity index (χ0) is 16.3. The van der Waals surface area contributed by atoms with Crippen molar-refractivity contribution in [2.45, 2.75) is 6.18 Å². The summed E-state index contributed by atoms with van der Waals surface area (Å²) in [4.78, 5) is 17.5. The molecule has 116 valence electrons. The molecule has 1 amide bonds. The first-order chi connectivity index (χ1) is 10.3. The highest BCUT2D eigenvalue weighted by Crippen LogP contribution is 2.35. The molecule has 2 aromatic rings. The number of rotatable bonds is 3. The van der Waals surface area contributed by atoms with Crippen LogP contribution in [0.4, 0.5) is 24.5 Å². The number of carbonyl (C=O) groups excluding carboxylic acids is 1. The van der Waals surface area contributed by atoms with Crippen molar-refractivity contribution in [3.63, 3.8) is 0 Å². The first-order valence-electron chi connectivity index (χ1n) is 6.39. The maximum atomic E-state index is 12.8. The highest BCUT2D eigenvalue weighted by atomic mass is 19.4. The molecule has 0 aliphatic carbocycles. The van der Waals surface area contributed by atoms with Crippen LogP contribution >= 0.6 is 0 Å². The molecule has 0 atom stereocenters. The molecule has 0 unspecified atom stereocenters. The molecule has 22 heavy (non-hydrogen) atoms. The lowest BCUT2D eigenvalue weighted by Gasteiger charge is -2.19. The number of nitrogens with zero attached hydrogens (tertiary/aromatic N) is 2. The van der Waals surface area contributed by atoms with E-state index in [1.807, 2.05) is 0 Å². The van der Waals surface area contributed by atoms with Gasteiger partial charge in [-0.05, 0) is 30.3 Å². The van der Waals surface area contributed by atoms with E-state index in [4.69, 9.17) is 0 Å². The van der Waals surface area contributed by atoms with Crippen molar-refractivity contribution < 1.29 is 18.0 Å². The fourth-order valence-corrected chi connectivity index (χ4v) is 1.89. The highest BCUT2D eigenvalue weighted by molar-refractivity contribution is 6.05. The van der Waals surface area contributed by atoms with Crippen LogP contribution in [0.2, 0.25) is 0 Å². The van der Waals surface area contributed by atoms with E-state index in [2.05, 4.69) is 10.3 Å².